The molecule has 0 radical (unpaired) electrons. The van der Waals surface area contributed by atoms with Gasteiger partial charge in [0.2, 0.25) is 0 Å². The monoisotopic (exact) mass is 431 g/mol. The van der Waals surface area contributed by atoms with E-state index in [2.05, 4.69) is 37.8 Å². The van der Waals surface area contributed by atoms with E-state index < -0.39 is 0 Å². The minimum Gasteiger partial charge on any atom is -0.393 e. The number of allylic oxidation sites excluding steroid dienone is 3. The Balaban J connectivity index is 1.39. The predicted molar refractivity (Wildman–Crippen MR) is 126 cm³/mol. The molecule has 7 atom stereocenters. The summed E-state index contributed by atoms with van der Waals surface area (Å²) in [4.78, 5) is 2.60. The summed E-state index contributed by atoms with van der Waals surface area (Å²) < 4.78 is 5.71. The Morgan fingerprint density at radius 3 is 2.71 bits per heavy atom. The Hall–Kier alpha value is -0.680. The average molecular weight is 432 g/mol. The van der Waals surface area contributed by atoms with Gasteiger partial charge in [0.15, 0.2) is 0 Å². The van der Waals surface area contributed by atoms with E-state index in [1.807, 2.05) is 0 Å². The minimum absolute atomic E-state index is 0.379. The molecule has 0 bridgehead atoms. The van der Waals surface area contributed by atoms with Crippen LogP contribution in [0.5, 0.6) is 0 Å². The lowest BCUT2D eigenvalue weighted by Crippen LogP contribution is -2.42. The first-order valence-corrected chi connectivity index (χ1v) is 12.9. The number of aliphatic hydroxyl groups is 2. The number of aliphatic hydroxyl groups excluding tert-OH is 2. The summed E-state index contributed by atoms with van der Waals surface area (Å²) in [6, 6.07) is 0. The van der Waals surface area contributed by atoms with Gasteiger partial charge in [-0.15, -0.1) is 0 Å². The first-order valence-electron chi connectivity index (χ1n) is 12.9. The van der Waals surface area contributed by atoms with E-state index in [0.29, 0.717) is 23.9 Å². The second kappa shape index (κ2) is 10.1. The molecule has 1 aliphatic heterocycles. The third-order valence-corrected chi connectivity index (χ3v) is 9.02. The van der Waals surface area contributed by atoms with E-state index in [9.17, 15) is 10.2 Å². The van der Waals surface area contributed by atoms with Crippen molar-refractivity contribution >= 4 is 0 Å². The van der Waals surface area contributed by atoms with Crippen molar-refractivity contribution in [2.45, 2.75) is 96.9 Å². The topological polar surface area (TPSA) is 52.9 Å². The van der Waals surface area contributed by atoms with Gasteiger partial charge in [0.1, 0.15) is 0 Å². The number of nitrogens with zero attached hydrogens (tertiary/aromatic N) is 1. The summed E-state index contributed by atoms with van der Waals surface area (Å²) in [6.07, 6.45) is 14.1. The van der Waals surface area contributed by atoms with Crippen LogP contribution in [-0.4, -0.2) is 59.7 Å². The van der Waals surface area contributed by atoms with Crippen molar-refractivity contribution in [2.75, 3.05) is 26.2 Å². The summed E-state index contributed by atoms with van der Waals surface area (Å²) >= 11 is 0. The highest BCUT2D eigenvalue weighted by atomic mass is 16.5. The Labute approximate surface area is 189 Å². The van der Waals surface area contributed by atoms with Gasteiger partial charge >= 0.3 is 0 Å². The van der Waals surface area contributed by atoms with E-state index in [4.69, 9.17) is 4.74 Å². The van der Waals surface area contributed by atoms with Crippen LogP contribution in [0.4, 0.5) is 0 Å². The fraction of sp³-hybridized carbons (Fsp3) is 0.852. The number of hydrogen-bond donors (Lipinski definition) is 2. The molecule has 3 aliphatic carbocycles. The van der Waals surface area contributed by atoms with E-state index in [1.165, 1.54) is 50.6 Å². The molecule has 4 nitrogen and oxygen atoms in total. The Morgan fingerprint density at radius 2 is 1.97 bits per heavy atom. The summed E-state index contributed by atoms with van der Waals surface area (Å²) in [5, 5.41) is 20.0. The van der Waals surface area contributed by atoms with Gasteiger partial charge in [-0.2, -0.15) is 0 Å². The Bertz CT molecular complexity index is 661. The summed E-state index contributed by atoms with van der Waals surface area (Å²) in [5.41, 5.74) is 3.28. The smallest absolute Gasteiger partial charge is 0.0674 e. The maximum atomic E-state index is 10.0. The molecule has 1 heterocycles. The van der Waals surface area contributed by atoms with Crippen LogP contribution < -0.4 is 0 Å². The third-order valence-electron chi connectivity index (χ3n) is 9.02. The summed E-state index contributed by atoms with van der Waals surface area (Å²) in [5.74, 6) is 2.31. The van der Waals surface area contributed by atoms with Crippen LogP contribution in [0.25, 0.3) is 0 Å². The molecular weight excluding hydrogens is 386 g/mol. The van der Waals surface area contributed by atoms with Crippen LogP contribution >= 0.6 is 0 Å². The van der Waals surface area contributed by atoms with Gasteiger partial charge in [0.25, 0.3) is 0 Å². The zero-order valence-corrected chi connectivity index (χ0v) is 20.1. The van der Waals surface area contributed by atoms with Gasteiger partial charge in [-0.1, -0.05) is 37.1 Å². The lowest BCUT2D eigenvalue weighted by Gasteiger charge is -2.44. The molecule has 0 aromatic carbocycles. The van der Waals surface area contributed by atoms with Crippen molar-refractivity contribution in [1.29, 1.82) is 0 Å². The number of rotatable bonds is 5. The van der Waals surface area contributed by atoms with E-state index >= 15 is 0 Å². The molecule has 3 saturated carbocycles. The molecule has 0 aromatic heterocycles. The first kappa shape index (κ1) is 23.5. The molecule has 176 valence electrons. The summed E-state index contributed by atoms with van der Waals surface area (Å²) in [7, 11) is 0. The number of morpholine rings is 1. The van der Waals surface area contributed by atoms with Gasteiger partial charge in [-0.05, 0) is 94.4 Å². The molecule has 0 aromatic rings. The lowest BCUT2D eigenvalue weighted by atomic mass is 9.61. The molecule has 0 amide bonds. The highest BCUT2D eigenvalue weighted by Crippen LogP contribution is 2.59. The van der Waals surface area contributed by atoms with Crippen LogP contribution in [-0.2, 0) is 4.74 Å². The molecule has 4 aliphatic rings. The van der Waals surface area contributed by atoms with Gasteiger partial charge in [-0.25, -0.2) is 0 Å². The van der Waals surface area contributed by atoms with Crippen molar-refractivity contribution < 1.29 is 14.9 Å². The number of hydrogen-bond acceptors (Lipinski definition) is 4. The predicted octanol–water partition coefficient (Wildman–Crippen LogP) is 4.71. The third kappa shape index (κ3) is 5.46. The molecular formula is C27H45NO3. The molecule has 4 fully saturated rings. The lowest BCUT2D eigenvalue weighted by molar-refractivity contribution is -0.0216. The molecule has 0 spiro atoms. The SMILES string of the molecule is CC1CN(CCC(C)[C@H]2CC[C@H]3C(=CC=C4C[C@@H](O)C[C@H](O)C4)CCC[C@]23C)CCO1. The van der Waals surface area contributed by atoms with Gasteiger partial charge in [-0.3, -0.25) is 4.90 Å². The molecule has 2 unspecified atom stereocenters. The Kier molecular flexibility index (Phi) is 7.63. The number of fused-ring (bicyclic) bond motifs is 1. The molecule has 1 saturated heterocycles. The van der Waals surface area contributed by atoms with Crippen molar-refractivity contribution in [3.05, 3.63) is 23.3 Å². The fourth-order valence-corrected chi connectivity index (χ4v) is 7.43. The molecule has 4 heteroatoms. The van der Waals surface area contributed by atoms with Crippen LogP contribution in [0.15, 0.2) is 23.3 Å². The van der Waals surface area contributed by atoms with Crippen molar-refractivity contribution in [1.82, 2.24) is 4.90 Å². The van der Waals surface area contributed by atoms with Crippen molar-refractivity contribution in [2.24, 2.45) is 23.2 Å². The normalized spacial score (nSPS) is 41.9. The standard InChI is InChI=1S/C27H45NO3/c1-19(10-12-28-13-14-31-20(2)18-28)25-8-9-26-22(5-4-11-27(25,26)3)7-6-21-15-23(29)17-24(30)16-21/h6-7,19-20,23-26,29-30H,4-5,8-18H2,1-3H3/t19?,20?,23-,24-,25-,26+,27-/m1/s1. The quantitative estimate of drug-likeness (QED) is 0.662. The zero-order chi connectivity index (χ0) is 22.0. The Morgan fingerprint density at radius 1 is 1.19 bits per heavy atom. The zero-order valence-electron chi connectivity index (χ0n) is 20.1. The van der Waals surface area contributed by atoms with Gasteiger partial charge in [0.05, 0.1) is 24.9 Å². The minimum atomic E-state index is -0.379. The van der Waals surface area contributed by atoms with Crippen molar-refractivity contribution in [3.63, 3.8) is 0 Å². The highest BCUT2D eigenvalue weighted by Gasteiger charge is 2.50. The maximum absolute atomic E-state index is 10.0. The van der Waals surface area contributed by atoms with E-state index in [0.717, 1.165) is 44.4 Å². The summed E-state index contributed by atoms with van der Waals surface area (Å²) in [6.45, 7) is 11.6. The second-order valence-corrected chi connectivity index (χ2v) is 11.4. The van der Waals surface area contributed by atoms with Crippen LogP contribution in [0, 0.1) is 23.2 Å². The van der Waals surface area contributed by atoms with E-state index in [1.54, 1.807) is 5.57 Å². The van der Waals surface area contributed by atoms with Gasteiger partial charge in [0, 0.05) is 13.1 Å². The fourth-order valence-electron chi connectivity index (χ4n) is 7.43. The molecule has 4 rings (SSSR count). The largest absolute Gasteiger partial charge is 0.393 e. The molecule has 31 heavy (non-hydrogen) atoms. The van der Waals surface area contributed by atoms with Crippen LogP contribution in [0.3, 0.4) is 0 Å². The van der Waals surface area contributed by atoms with E-state index in [-0.39, 0.29) is 12.2 Å². The van der Waals surface area contributed by atoms with Crippen molar-refractivity contribution in [3.8, 4) is 0 Å². The van der Waals surface area contributed by atoms with Gasteiger partial charge < -0.3 is 14.9 Å². The molecule has 2 N–H and O–H groups in total. The first-order chi connectivity index (χ1) is 14.8. The van der Waals surface area contributed by atoms with Crippen LogP contribution in [0.1, 0.15) is 78.6 Å². The van der Waals surface area contributed by atoms with Crippen LogP contribution in [0.2, 0.25) is 0 Å². The second-order valence-electron chi connectivity index (χ2n) is 11.4. The number of ether oxygens (including phenoxy) is 1. The maximum Gasteiger partial charge on any atom is 0.0674 e. The highest BCUT2D eigenvalue weighted by molar-refractivity contribution is 5.26. The average Bonchev–Trinajstić information content (AvgIpc) is 3.07.